The number of hydrogen-bond donors (Lipinski definition) is 2. The number of hydrogen-bond acceptors (Lipinski definition) is 3. The summed E-state index contributed by atoms with van der Waals surface area (Å²) in [7, 11) is 0. The zero-order chi connectivity index (χ0) is 21.8. The molecule has 6 heteroatoms. The highest BCUT2D eigenvalue weighted by Gasteiger charge is 2.43. The van der Waals surface area contributed by atoms with E-state index in [1.54, 1.807) is 24.3 Å². The fourth-order valence-electron chi connectivity index (χ4n) is 5.09. The Morgan fingerprint density at radius 3 is 2.42 bits per heavy atom. The monoisotopic (exact) mass is 427 g/mol. The van der Waals surface area contributed by atoms with Gasteiger partial charge in [-0.05, 0) is 31.2 Å². The molecular weight excluding hydrogens is 397 g/mol. The van der Waals surface area contributed by atoms with Gasteiger partial charge in [-0.1, -0.05) is 69.2 Å². The Balaban J connectivity index is 1.62. The minimum atomic E-state index is -1.29. The molecule has 5 nitrogen and oxygen atoms in total. The van der Waals surface area contributed by atoms with Crippen molar-refractivity contribution in [1.29, 1.82) is 0 Å². The fourth-order valence-corrected chi connectivity index (χ4v) is 5.09. The minimum Gasteiger partial charge on any atom is -0.492 e. The zero-order valence-electron chi connectivity index (χ0n) is 17.8. The van der Waals surface area contributed by atoms with E-state index in [2.05, 4.69) is 5.32 Å². The van der Waals surface area contributed by atoms with E-state index in [1.165, 1.54) is 38.2 Å². The van der Waals surface area contributed by atoms with Gasteiger partial charge < -0.3 is 15.2 Å². The van der Waals surface area contributed by atoms with Crippen molar-refractivity contribution in [1.82, 2.24) is 5.32 Å². The summed E-state index contributed by atoms with van der Waals surface area (Å²) < 4.78 is 20.9. The number of carboxylic acids is 1. The summed E-state index contributed by atoms with van der Waals surface area (Å²) in [5, 5.41) is 13.3. The Morgan fingerprint density at radius 1 is 1.06 bits per heavy atom. The highest BCUT2D eigenvalue weighted by atomic mass is 19.1. The number of halogens is 1. The van der Waals surface area contributed by atoms with Crippen LogP contribution in [-0.4, -0.2) is 29.1 Å². The Bertz CT molecular complexity index is 961. The number of amides is 1. The molecule has 0 heterocycles. The molecule has 0 aromatic heterocycles. The van der Waals surface area contributed by atoms with Crippen LogP contribution in [-0.2, 0) is 4.79 Å². The van der Waals surface area contributed by atoms with Gasteiger partial charge in [-0.15, -0.1) is 0 Å². The number of aliphatic carboxylic acids is 1. The van der Waals surface area contributed by atoms with E-state index in [1.807, 2.05) is 0 Å². The second kappa shape index (κ2) is 9.25. The first kappa shape index (κ1) is 21.6. The number of carbonyl (C=O) groups is 2. The highest BCUT2D eigenvalue weighted by molar-refractivity contribution is 6.05. The number of ether oxygens (including phenoxy) is 1. The van der Waals surface area contributed by atoms with Crippen molar-refractivity contribution in [3.8, 4) is 5.75 Å². The normalized spacial score (nSPS) is 18.7. The van der Waals surface area contributed by atoms with Crippen LogP contribution in [0.1, 0.15) is 74.6 Å². The molecule has 0 aliphatic heterocycles. The molecule has 2 aliphatic rings. The van der Waals surface area contributed by atoms with E-state index < -0.39 is 23.2 Å². The molecule has 31 heavy (non-hydrogen) atoms. The summed E-state index contributed by atoms with van der Waals surface area (Å²) in [6.45, 7) is 0.449. The third-order valence-corrected chi connectivity index (χ3v) is 6.91. The summed E-state index contributed by atoms with van der Waals surface area (Å²) >= 11 is 0. The lowest BCUT2D eigenvalue weighted by molar-refractivity contribution is -0.144. The maximum absolute atomic E-state index is 14.8. The number of carboxylic acid groups (broad SMARTS) is 1. The van der Waals surface area contributed by atoms with Crippen LogP contribution < -0.4 is 10.1 Å². The van der Waals surface area contributed by atoms with Crippen LogP contribution in [0, 0.1) is 11.7 Å². The number of carbonyl (C=O) groups excluding carboxylic acids is 1. The van der Waals surface area contributed by atoms with Crippen LogP contribution in [0.4, 0.5) is 4.39 Å². The van der Waals surface area contributed by atoms with Gasteiger partial charge >= 0.3 is 5.97 Å². The molecule has 2 N–H and O–H groups in total. The molecule has 0 radical (unpaired) electrons. The number of benzene rings is 2. The third kappa shape index (κ3) is 4.53. The van der Waals surface area contributed by atoms with Gasteiger partial charge in [0.25, 0.3) is 5.91 Å². The average molecular weight is 428 g/mol. The van der Waals surface area contributed by atoms with E-state index in [0.717, 1.165) is 19.3 Å². The largest absolute Gasteiger partial charge is 0.492 e. The van der Waals surface area contributed by atoms with Crippen molar-refractivity contribution in [2.24, 2.45) is 5.92 Å². The van der Waals surface area contributed by atoms with Gasteiger partial charge in [-0.3, -0.25) is 4.79 Å². The van der Waals surface area contributed by atoms with Crippen molar-refractivity contribution >= 4 is 22.6 Å². The Labute approximate surface area is 182 Å². The van der Waals surface area contributed by atoms with E-state index in [-0.39, 0.29) is 5.56 Å². The molecule has 0 spiro atoms. The van der Waals surface area contributed by atoms with Gasteiger partial charge in [0.15, 0.2) is 0 Å². The zero-order valence-corrected chi connectivity index (χ0v) is 17.8. The van der Waals surface area contributed by atoms with E-state index in [4.69, 9.17) is 4.74 Å². The standard InChI is InChI=1S/C25H30FNO4/c26-21-16-20(23(28)27-25(24(29)30)13-6-7-14-25)22(19-11-5-4-10-18(19)21)31-15-12-17-8-2-1-3-9-17/h4-5,10-11,16-17H,1-3,6-9,12-15H2,(H,27,28)(H,29,30). The van der Waals surface area contributed by atoms with Gasteiger partial charge in [-0.2, -0.15) is 0 Å². The molecule has 2 saturated carbocycles. The molecule has 0 saturated heterocycles. The predicted molar refractivity (Wildman–Crippen MR) is 117 cm³/mol. The van der Waals surface area contributed by atoms with Crippen LogP contribution in [0.2, 0.25) is 0 Å². The second-order valence-corrected chi connectivity index (χ2v) is 8.97. The first-order valence-electron chi connectivity index (χ1n) is 11.4. The van der Waals surface area contributed by atoms with Crippen molar-refractivity contribution in [2.45, 2.75) is 69.7 Å². The van der Waals surface area contributed by atoms with Crippen molar-refractivity contribution in [3.63, 3.8) is 0 Å². The maximum atomic E-state index is 14.8. The number of nitrogens with one attached hydrogen (secondary N) is 1. The minimum absolute atomic E-state index is 0.0624. The Kier molecular flexibility index (Phi) is 6.44. The number of fused-ring (bicyclic) bond motifs is 1. The lowest BCUT2D eigenvalue weighted by Gasteiger charge is -2.26. The third-order valence-electron chi connectivity index (χ3n) is 6.91. The quantitative estimate of drug-likeness (QED) is 0.616. The fraction of sp³-hybridized carbons (Fsp3) is 0.520. The molecule has 2 fully saturated rings. The predicted octanol–water partition coefficient (Wildman–Crippen LogP) is 5.46. The molecule has 0 unspecified atom stereocenters. The lowest BCUT2D eigenvalue weighted by atomic mass is 9.87. The summed E-state index contributed by atoms with van der Waals surface area (Å²) in [4.78, 5) is 25.1. The summed E-state index contributed by atoms with van der Waals surface area (Å²) in [5.41, 5.74) is -1.23. The van der Waals surface area contributed by atoms with Gasteiger partial charge in [0.1, 0.15) is 17.1 Å². The molecular formula is C25H30FNO4. The summed E-state index contributed by atoms with van der Waals surface area (Å²) in [5.74, 6) is -1.20. The van der Waals surface area contributed by atoms with Crippen molar-refractivity contribution < 1.29 is 23.8 Å². The Morgan fingerprint density at radius 2 is 1.74 bits per heavy atom. The summed E-state index contributed by atoms with van der Waals surface area (Å²) in [6, 6.07) is 8.11. The number of rotatable bonds is 7. The average Bonchev–Trinajstić information content (AvgIpc) is 3.26. The van der Waals surface area contributed by atoms with Gasteiger partial charge in [0.2, 0.25) is 0 Å². The van der Waals surface area contributed by atoms with Gasteiger partial charge in [-0.25, -0.2) is 9.18 Å². The molecule has 1 amide bonds. The maximum Gasteiger partial charge on any atom is 0.329 e. The van der Waals surface area contributed by atoms with Crippen molar-refractivity contribution in [3.05, 3.63) is 41.7 Å². The molecule has 2 aliphatic carbocycles. The smallest absolute Gasteiger partial charge is 0.329 e. The SMILES string of the molecule is O=C(NC1(C(=O)O)CCCC1)c1cc(F)c2ccccc2c1OCCC1CCCCC1. The van der Waals surface area contributed by atoms with Gasteiger partial charge in [0, 0.05) is 10.8 Å². The first-order valence-corrected chi connectivity index (χ1v) is 11.4. The lowest BCUT2D eigenvalue weighted by Crippen LogP contribution is -2.52. The van der Waals surface area contributed by atoms with E-state index in [0.29, 0.717) is 41.9 Å². The molecule has 4 rings (SSSR count). The van der Waals surface area contributed by atoms with Gasteiger partial charge in [0.05, 0.1) is 12.2 Å². The molecule has 166 valence electrons. The first-order chi connectivity index (χ1) is 15.0. The second-order valence-electron chi connectivity index (χ2n) is 8.97. The highest BCUT2D eigenvalue weighted by Crippen LogP contribution is 2.35. The van der Waals surface area contributed by atoms with E-state index in [9.17, 15) is 19.1 Å². The van der Waals surface area contributed by atoms with Crippen LogP contribution in [0.25, 0.3) is 10.8 Å². The van der Waals surface area contributed by atoms with Crippen LogP contribution in [0.5, 0.6) is 5.75 Å². The molecule has 2 aromatic rings. The van der Waals surface area contributed by atoms with Crippen molar-refractivity contribution in [2.75, 3.05) is 6.61 Å². The molecule has 2 aromatic carbocycles. The van der Waals surface area contributed by atoms with Crippen LogP contribution in [0.3, 0.4) is 0 Å². The van der Waals surface area contributed by atoms with E-state index >= 15 is 0 Å². The molecule has 0 atom stereocenters. The topological polar surface area (TPSA) is 75.6 Å². The molecule has 0 bridgehead atoms. The van der Waals surface area contributed by atoms with Crippen LogP contribution in [0.15, 0.2) is 30.3 Å². The van der Waals surface area contributed by atoms with Crippen LogP contribution >= 0.6 is 0 Å². The summed E-state index contributed by atoms with van der Waals surface area (Å²) in [6.07, 6.45) is 9.30. The Hall–Kier alpha value is -2.63.